The zero-order valence-corrected chi connectivity index (χ0v) is 22.8. The Morgan fingerprint density at radius 3 is 1.65 bits per heavy atom. The zero-order chi connectivity index (χ0) is 26.3. The molecule has 3 aromatic carbocycles. The third kappa shape index (κ3) is 9.29. The summed E-state index contributed by atoms with van der Waals surface area (Å²) >= 11 is 0. The first-order valence-corrected chi connectivity index (χ1v) is 14.4. The Kier molecular flexibility index (Phi) is 12.7. The molecular formula is C34H44F2O. The Morgan fingerprint density at radius 1 is 0.514 bits per heavy atom. The van der Waals surface area contributed by atoms with Crippen molar-refractivity contribution < 1.29 is 13.5 Å². The highest BCUT2D eigenvalue weighted by atomic mass is 19.2. The molecule has 0 atom stereocenters. The standard InChI is InChI=1S/C34H44F2O/c1-3-5-7-9-11-13-15-27-16-18-28(19-17-27)29-20-22-30(23-21-29)31-24-25-32(34(36)33(31)35)37-26-14-12-10-8-6-4-2/h16-25H,3-15,26H2,1-2H3. The first-order valence-electron chi connectivity index (χ1n) is 14.4. The van der Waals surface area contributed by atoms with Crippen LogP contribution in [0.4, 0.5) is 8.78 Å². The van der Waals surface area contributed by atoms with E-state index < -0.39 is 11.6 Å². The summed E-state index contributed by atoms with van der Waals surface area (Å²) in [4.78, 5) is 0. The van der Waals surface area contributed by atoms with Gasteiger partial charge in [-0.3, -0.25) is 0 Å². The number of benzene rings is 3. The number of hydrogen-bond acceptors (Lipinski definition) is 1. The highest BCUT2D eigenvalue weighted by Crippen LogP contribution is 2.31. The molecule has 0 heterocycles. The van der Waals surface area contributed by atoms with Gasteiger partial charge in [-0.15, -0.1) is 0 Å². The van der Waals surface area contributed by atoms with Crippen LogP contribution in [0.15, 0.2) is 60.7 Å². The van der Waals surface area contributed by atoms with E-state index in [-0.39, 0.29) is 11.3 Å². The molecule has 0 aromatic heterocycles. The van der Waals surface area contributed by atoms with Gasteiger partial charge < -0.3 is 4.74 Å². The smallest absolute Gasteiger partial charge is 0.201 e. The molecule has 0 fully saturated rings. The zero-order valence-electron chi connectivity index (χ0n) is 22.8. The van der Waals surface area contributed by atoms with Crippen molar-refractivity contribution in [2.75, 3.05) is 6.61 Å². The molecule has 0 radical (unpaired) electrons. The van der Waals surface area contributed by atoms with Crippen molar-refractivity contribution in [2.45, 2.75) is 97.3 Å². The molecule has 0 aliphatic carbocycles. The van der Waals surface area contributed by atoms with E-state index in [1.165, 1.54) is 63.4 Å². The van der Waals surface area contributed by atoms with Gasteiger partial charge in [0.2, 0.25) is 5.82 Å². The Hall–Kier alpha value is -2.68. The lowest BCUT2D eigenvalue weighted by Crippen LogP contribution is -2.01. The Morgan fingerprint density at radius 2 is 1.03 bits per heavy atom. The summed E-state index contributed by atoms with van der Waals surface area (Å²) in [6.45, 7) is 4.85. The summed E-state index contributed by atoms with van der Waals surface area (Å²) in [5, 5.41) is 0. The number of halogens is 2. The summed E-state index contributed by atoms with van der Waals surface area (Å²) < 4.78 is 35.1. The number of aryl methyl sites for hydroxylation is 1. The van der Waals surface area contributed by atoms with Gasteiger partial charge in [0.1, 0.15) is 0 Å². The second-order valence-corrected chi connectivity index (χ2v) is 10.1. The third-order valence-electron chi connectivity index (χ3n) is 7.10. The minimum absolute atomic E-state index is 0.00697. The Balaban J connectivity index is 1.53. The average molecular weight is 507 g/mol. The largest absolute Gasteiger partial charge is 0.490 e. The maximum atomic E-state index is 14.9. The molecule has 200 valence electrons. The summed E-state index contributed by atoms with van der Waals surface area (Å²) in [7, 11) is 0. The van der Waals surface area contributed by atoms with Crippen LogP contribution < -0.4 is 4.74 Å². The molecule has 0 spiro atoms. The number of unbranched alkanes of at least 4 members (excludes halogenated alkanes) is 10. The van der Waals surface area contributed by atoms with Crippen LogP contribution in [0.2, 0.25) is 0 Å². The summed E-state index contributed by atoms with van der Waals surface area (Å²) in [6, 6.07) is 19.5. The predicted molar refractivity (Wildman–Crippen MR) is 153 cm³/mol. The van der Waals surface area contributed by atoms with Gasteiger partial charge in [0, 0.05) is 5.56 Å². The molecule has 1 nitrogen and oxygen atoms in total. The van der Waals surface area contributed by atoms with Gasteiger partial charge in [-0.05, 0) is 53.6 Å². The summed E-state index contributed by atoms with van der Waals surface area (Å²) in [5.41, 5.74) is 4.47. The van der Waals surface area contributed by atoms with Crippen LogP contribution in [-0.4, -0.2) is 6.61 Å². The monoisotopic (exact) mass is 506 g/mol. The summed E-state index contributed by atoms with van der Waals surface area (Å²) in [5.74, 6) is -1.77. The van der Waals surface area contributed by atoms with E-state index in [0.29, 0.717) is 12.2 Å². The number of rotatable bonds is 17. The number of ether oxygens (including phenoxy) is 1. The van der Waals surface area contributed by atoms with E-state index >= 15 is 0 Å². The normalized spacial score (nSPS) is 11.1. The van der Waals surface area contributed by atoms with Crippen molar-refractivity contribution in [1.29, 1.82) is 0 Å². The van der Waals surface area contributed by atoms with Crippen LogP contribution >= 0.6 is 0 Å². The number of hydrogen-bond donors (Lipinski definition) is 0. The molecular weight excluding hydrogens is 462 g/mol. The molecule has 3 heteroatoms. The molecule has 3 rings (SSSR count). The van der Waals surface area contributed by atoms with Crippen LogP contribution in [0, 0.1) is 11.6 Å². The molecule has 0 aliphatic rings. The minimum Gasteiger partial charge on any atom is -0.490 e. The van der Waals surface area contributed by atoms with Gasteiger partial charge in [-0.2, -0.15) is 4.39 Å². The lowest BCUT2D eigenvalue weighted by molar-refractivity contribution is 0.285. The fourth-order valence-corrected chi connectivity index (χ4v) is 4.75. The van der Waals surface area contributed by atoms with Gasteiger partial charge in [-0.25, -0.2) is 4.39 Å². The average Bonchev–Trinajstić information content (AvgIpc) is 2.93. The summed E-state index contributed by atoms with van der Waals surface area (Å²) in [6.07, 6.45) is 15.7. The van der Waals surface area contributed by atoms with Gasteiger partial charge >= 0.3 is 0 Å². The first-order chi connectivity index (χ1) is 18.1. The quantitative estimate of drug-likeness (QED) is 0.165. The molecule has 0 saturated carbocycles. The van der Waals surface area contributed by atoms with Crippen molar-refractivity contribution >= 4 is 0 Å². The fourth-order valence-electron chi connectivity index (χ4n) is 4.75. The van der Waals surface area contributed by atoms with E-state index in [1.54, 1.807) is 12.1 Å². The van der Waals surface area contributed by atoms with Crippen molar-refractivity contribution in [3.05, 3.63) is 77.9 Å². The van der Waals surface area contributed by atoms with E-state index in [9.17, 15) is 8.78 Å². The van der Waals surface area contributed by atoms with Crippen molar-refractivity contribution in [2.24, 2.45) is 0 Å². The second-order valence-electron chi connectivity index (χ2n) is 10.1. The topological polar surface area (TPSA) is 9.23 Å². The Labute approximate surface area is 223 Å². The van der Waals surface area contributed by atoms with Gasteiger partial charge in [-0.1, -0.05) is 127 Å². The van der Waals surface area contributed by atoms with E-state index in [0.717, 1.165) is 36.8 Å². The third-order valence-corrected chi connectivity index (χ3v) is 7.10. The van der Waals surface area contributed by atoms with Crippen LogP contribution in [0.5, 0.6) is 5.75 Å². The molecule has 0 unspecified atom stereocenters. The van der Waals surface area contributed by atoms with E-state index in [1.807, 2.05) is 24.3 Å². The molecule has 0 saturated heterocycles. The van der Waals surface area contributed by atoms with Gasteiger partial charge in [0.25, 0.3) is 0 Å². The lowest BCUT2D eigenvalue weighted by atomic mass is 9.98. The highest BCUT2D eigenvalue weighted by molar-refractivity contribution is 5.71. The SMILES string of the molecule is CCCCCCCCOc1ccc(-c2ccc(-c3ccc(CCCCCCCC)cc3)cc2)c(F)c1F. The van der Waals surface area contributed by atoms with Gasteiger partial charge in [0.15, 0.2) is 11.6 Å². The van der Waals surface area contributed by atoms with Crippen LogP contribution in [0.25, 0.3) is 22.3 Å². The molecule has 0 amide bonds. The maximum absolute atomic E-state index is 14.9. The molecule has 0 aliphatic heterocycles. The van der Waals surface area contributed by atoms with Crippen LogP contribution in [-0.2, 0) is 6.42 Å². The van der Waals surface area contributed by atoms with E-state index in [4.69, 9.17) is 4.74 Å². The second kappa shape index (κ2) is 16.2. The van der Waals surface area contributed by atoms with Crippen molar-refractivity contribution in [3.8, 4) is 28.0 Å². The fraction of sp³-hybridized carbons (Fsp3) is 0.471. The lowest BCUT2D eigenvalue weighted by Gasteiger charge is -2.11. The first kappa shape index (κ1) is 28.9. The Bertz CT molecular complexity index is 1040. The van der Waals surface area contributed by atoms with Crippen LogP contribution in [0.1, 0.15) is 96.5 Å². The highest BCUT2D eigenvalue weighted by Gasteiger charge is 2.16. The van der Waals surface area contributed by atoms with E-state index in [2.05, 4.69) is 38.1 Å². The van der Waals surface area contributed by atoms with Crippen molar-refractivity contribution in [3.63, 3.8) is 0 Å². The predicted octanol–water partition coefficient (Wildman–Crippen LogP) is 10.9. The van der Waals surface area contributed by atoms with Crippen molar-refractivity contribution in [1.82, 2.24) is 0 Å². The van der Waals surface area contributed by atoms with Crippen LogP contribution in [0.3, 0.4) is 0 Å². The molecule has 3 aromatic rings. The van der Waals surface area contributed by atoms with Gasteiger partial charge in [0.05, 0.1) is 6.61 Å². The molecule has 0 bridgehead atoms. The minimum atomic E-state index is -0.909. The maximum Gasteiger partial charge on any atom is 0.201 e. The molecule has 0 N–H and O–H groups in total. The molecule has 37 heavy (non-hydrogen) atoms.